The van der Waals surface area contributed by atoms with Gasteiger partial charge in [-0.1, -0.05) is 6.92 Å². The van der Waals surface area contributed by atoms with Gasteiger partial charge >= 0.3 is 6.18 Å². The number of aromatic nitrogens is 4. The van der Waals surface area contributed by atoms with Crippen LogP contribution in [0.2, 0.25) is 0 Å². The van der Waals surface area contributed by atoms with E-state index >= 15 is 0 Å². The summed E-state index contributed by atoms with van der Waals surface area (Å²) in [6, 6.07) is 1.08. The van der Waals surface area contributed by atoms with Crippen LogP contribution in [0.4, 0.5) is 19.0 Å². The molecule has 0 saturated carbocycles. The van der Waals surface area contributed by atoms with Gasteiger partial charge in [0.1, 0.15) is 17.3 Å². The number of rotatable bonds is 2. The van der Waals surface area contributed by atoms with E-state index in [2.05, 4.69) is 20.4 Å². The Labute approximate surface area is 119 Å². The van der Waals surface area contributed by atoms with E-state index in [4.69, 9.17) is 0 Å². The maximum atomic E-state index is 13.2. The summed E-state index contributed by atoms with van der Waals surface area (Å²) in [7, 11) is 0. The van der Waals surface area contributed by atoms with Gasteiger partial charge in [-0.05, 0) is 25.8 Å². The first-order chi connectivity index (χ1) is 9.90. The zero-order valence-corrected chi connectivity index (χ0v) is 11.6. The molecule has 3 heterocycles. The molecule has 0 atom stereocenters. The van der Waals surface area contributed by atoms with Gasteiger partial charge < -0.3 is 5.32 Å². The Morgan fingerprint density at radius 2 is 2.10 bits per heavy atom. The Morgan fingerprint density at radius 3 is 2.76 bits per heavy atom. The highest BCUT2D eigenvalue weighted by Crippen LogP contribution is 2.33. The van der Waals surface area contributed by atoms with Crippen LogP contribution in [0.15, 0.2) is 6.07 Å². The zero-order valence-electron chi connectivity index (χ0n) is 11.6. The van der Waals surface area contributed by atoms with Gasteiger partial charge in [0, 0.05) is 12.1 Å². The fourth-order valence-electron chi connectivity index (χ4n) is 2.40. The van der Waals surface area contributed by atoms with Crippen molar-refractivity contribution >= 4 is 5.82 Å². The number of aryl methyl sites for hydroxylation is 2. The lowest BCUT2D eigenvalue weighted by atomic mass is 10.2. The van der Waals surface area contributed by atoms with Gasteiger partial charge in [0.2, 0.25) is 0 Å². The molecule has 0 aromatic carbocycles. The second-order valence-electron chi connectivity index (χ2n) is 4.88. The largest absolute Gasteiger partial charge is 0.433 e. The smallest absolute Gasteiger partial charge is 0.369 e. The van der Waals surface area contributed by atoms with E-state index in [1.165, 1.54) is 0 Å². The average molecular weight is 297 g/mol. The quantitative estimate of drug-likeness (QED) is 0.925. The molecule has 1 aliphatic rings. The highest BCUT2D eigenvalue weighted by Gasteiger charge is 2.37. The Bertz CT molecular complexity index is 690. The van der Waals surface area contributed by atoms with Crippen molar-refractivity contribution < 1.29 is 13.2 Å². The van der Waals surface area contributed by atoms with Crippen molar-refractivity contribution in [3.8, 4) is 5.82 Å². The van der Waals surface area contributed by atoms with Crippen LogP contribution in [0.25, 0.3) is 5.82 Å². The number of nitrogens with one attached hydrogen (secondary N) is 1. The van der Waals surface area contributed by atoms with Crippen LogP contribution in [0.1, 0.15) is 29.7 Å². The minimum Gasteiger partial charge on any atom is -0.369 e. The van der Waals surface area contributed by atoms with Gasteiger partial charge in [-0.15, -0.1) is 0 Å². The Morgan fingerprint density at radius 1 is 1.33 bits per heavy atom. The van der Waals surface area contributed by atoms with Crippen molar-refractivity contribution in [3.05, 3.63) is 28.8 Å². The zero-order chi connectivity index (χ0) is 15.2. The van der Waals surface area contributed by atoms with Crippen LogP contribution in [0, 0.1) is 6.92 Å². The monoisotopic (exact) mass is 297 g/mol. The van der Waals surface area contributed by atoms with Crippen LogP contribution in [0.5, 0.6) is 0 Å². The maximum Gasteiger partial charge on any atom is 0.433 e. The molecule has 1 N–H and O–H groups in total. The molecule has 0 saturated heterocycles. The van der Waals surface area contributed by atoms with Crippen LogP contribution in [0.3, 0.4) is 0 Å². The molecular formula is C13H14F3N5. The second kappa shape index (κ2) is 4.71. The van der Waals surface area contributed by atoms with Crippen molar-refractivity contribution in [2.75, 3.05) is 11.9 Å². The first-order valence-corrected chi connectivity index (χ1v) is 6.68. The first-order valence-electron chi connectivity index (χ1n) is 6.68. The molecule has 1 aliphatic heterocycles. The third-order valence-corrected chi connectivity index (χ3v) is 3.38. The summed E-state index contributed by atoms with van der Waals surface area (Å²) in [6.07, 6.45) is -3.46. The summed E-state index contributed by atoms with van der Waals surface area (Å²) < 4.78 is 40.6. The van der Waals surface area contributed by atoms with Crippen LogP contribution >= 0.6 is 0 Å². The summed E-state index contributed by atoms with van der Waals surface area (Å²) in [4.78, 5) is 8.40. The number of hydrogen-bond donors (Lipinski definition) is 1. The lowest BCUT2D eigenvalue weighted by Gasteiger charge is -2.12. The van der Waals surface area contributed by atoms with Crippen LogP contribution in [-0.2, 0) is 19.0 Å². The van der Waals surface area contributed by atoms with Crippen molar-refractivity contribution in [2.24, 2.45) is 0 Å². The molecule has 0 aliphatic carbocycles. The minimum absolute atomic E-state index is 0.217. The average Bonchev–Trinajstić information content (AvgIpc) is 3.02. The topological polar surface area (TPSA) is 55.6 Å². The van der Waals surface area contributed by atoms with Crippen molar-refractivity contribution in [1.82, 2.24) is 19.7 Å². The molecule has 2 aromatic heterocycles. The molecule has 8 heteroatoms. The number of fused-ring (bicyclic) bond motifs is 1. The van der Waals surface area contributed by atoms with Gasteiger partial charge in [0.05, 0.1) is 5.69 Å². The summed E-state index contributed by atoms with van der Waals surface area (Å²) in [5.74, 6) is 1.23. The molecule has 0 spiro atoms. The molecule has 0 fully saturated rings. The molecule has 112 valence electrons. The third-order valence-electron chi connectivity index (χ3n) is 3.38. The van der Waals surface area contributed by atoms with Crippen LogP contribution in [-0.4, -0.2) is 26.3 Å². The molecule has 5 nitrogen and oxygen atoms in total. The molecule has 21 heavy (non-hydrogen) atoms. The van der Waals surface area contributed by atoms with Crippen LogP contribution < -0.4 is 5.32 Å². The third kappa shape index (κ3) is 2.34. The highest BCUT2D eigenvalue weighted by molar-refractivity contribution is 5.56. The van der Waals surface area contributed by atoms with Gasteiger partial charge in [-0.3, -0.25) is 0 Å². The Balaban J connectivity index is 2.24. The lowest BCUT2D eigenvalue weighted by Crippen LogP contribution is -2.16. The predicted molar refractivity (Wildman–Crippen MR) is 70.5 cm³/mol. The van der Waals surface area contributed by atoms with E-state index in [0.717, 1.165) is 10.7 Å². The van der Waals surface area contributed by atoms with Crippen molar-refractivity contribution in [2.45, 2.75) is 32.9 Å². The van der Waals surface area contributed by atoms with E-state index in [1.54, 1.807) is 13.8 Å². The number of alkyl halides is 3. The molecule has 0 radical (unpaired) electrons. The van der Waals surface area contributed by atoms with E-state index in [1.807, 2.05) is 0 Å². The van der Waals surface area contributed by atoms with Crippen molar-refractivity contribution in [1.29, 1.82) is 0 Å². The maximum absolute atomic E-state index is 13.2. The summed E-state index contributed by atoms with van der Waals surface area (Å²) in [5.41, 5.74) is 0.265. The Hall–Kier alpha value is -2.12. The van der Waals surface area contributed by atoms with Gasteiger partial charge in [0.15, 0.2) is 5.82 Å². The standard InChI is InChI=1S/C13H14F3N5/c1-3-8-6-10(13(14,15)16)21(20-8)12-9-4-5-17-11(9)18-7(2)19-12/h6H,3-5H2,1-2H3,(H,17,18,19). The molecule has 0 bridgehead atoms. The summed E-state index contributed by atoms with van der Waals surface area (Å²) in [6.45, 7) is 4.06. The Kier molecular flexibility index (Phi) is 3.11. The molecule has 3 rings (SSSR count). The number of anilines is 1. The number of nitrogens with zero attached hydrogens (tertiary/aromatic N) is 4. The summed E-state index contributed by atoms with van der Waals surface area (Å²) >= 11 is 0. The van der Waals surface area contributed by atoms with Gasteiger partial charge in [-0.2, -0.15) is 18.3 Å². The fourth-order valence-corrected chi connectivity index (χ4v) is 2.40. The van der Waals surface area contributed by atoms with Crippen molar-refractivity contribution in [3.63, 3.8) is 0 Å². The highest BCUT2D eigenvalue weighted by atomic mass is 19.4. The molecular weight excluding hydrogens is 283 g/mol. The minimum atomic E-state index is -4.47. The normalized spacial score (nSPS) is 14.1. The van der Waals surface area contributed by atoms with Gasteiger partial charge in [0.25, 0.3) is 0 Å². The molecule has 0 unspecified atom stereocenters. The fraction of sp³-hybridized carbons (Fsp3) is 0.462. The second-order valence-corrected chi connectivity index (χ2v) is 4.88. The summed E-state index contributed by atoms with van der Waals surface area (Å²) in [5, 5.41) is 7.12. The van der Waals surface area contributed by atoms with E-state index in [-0.39, 0.29) is 5.82 Å². The predicted octanol–water partition coefficient (Wildman–Crippen LogP) is 2.52. The lowest BCUT2D eigenvalue weighted by molar-refractivity contribution is -0.142. The van der Waals surface area contributed by atoms with E-state index in [0.29, 0.717) is 42.3 Å². The number of hydrogen-bond acceptors (Lipinski definition) is 4. The SMILES string of the molecule is CCc1cc(C(F)(F)F)n(-c2nc(C)nc3c2CCN3)n1. The molecule has 2 aromatic rings. The van der Waals surface area contributed by atoms with E-state index in [9.17, 15) is 13.2 Å². The number of halogens is 3. The van der Waals surface area contributed by atoms with E-state index < -0.39 is 11.9 Å². The van der Waals surface area contributed by atoms with Gasteiger partial charge in [-0.25, -0.2) is 14.6 Å². The molecule has 0 amide bonds. The first kappa shape index (κ1) is 13.8.